The molecule has 1 aliphatic heterocycles. The van der Waals surface area contributed by atoms with E-state index in [0.717, 1.165) is 54.6 Å². The number of nitrogens with zero attached hydrogens (tertiary/aromatic N) is 7. The van der Waals surface area contributed by atoms with E-state index in [1.54, 1.807) is 24.5 Å². The summed E-state index contributed by atoms with van der Waals surface area (Å²) in [6.07, 6.45) is 0.829. The summed E-state index contributed by atoms with van der Waals surface area (Å²) >= 11 is 1.74. The van der Waals surface area contributed by atoms with Crippen LogP contribution in [0.25, 0.3) is 10.2 Å². The van der Waals surface area contributed by atoms with Gasteiger partial charge in [-0.3, -0.25) is 4.90 Å². The largest absolute Gasteiger partial charge is 0.504 e. The van der Waals surface area contributed by atoms with Gasteiger partial charge in [-0.15, -0.1) is 5.10 Å². The number of phenols is 1. The van der Waals surface area contributed by atoms with E-state index >= 15 is 0 Å². The number of aromatic nitrogens is 5. The third-order valence-corrected chi connectivity index (χ3v) is 8.11. The molecule has 0 aliphatic carbocycles. The monoisotopic (exact) mass is 527 g/mol. The SMILES string of the molecule is COc1cc([C@H](c2nnnn2CCc2ccccc2)N2CCN(c3nc4ccccc4s3)CC2)ccc1O. The molecule has 0 saturated carbocycles. The molecule has 9 nitrogen and oxygen atoms in total. The van der Waals surface area contributed by atoms with E-state index in [1.807, 2.05) is 41.1 Å². The van der Waals surface area contributed by atoms with Gasteiger partial charge in [-0.2, -0.15) is 0 Å². The lowest BCUT2D eigenvalue weighted by Crippen LogP contribution is -2.48. The summed E-state index contributed by atoms with van der Waals surface area (Å²) in [4.78, 5) is 9.62. The molecule has 0 amide bonds. The number of aromatic hydroxyl groups is 1. The van der Waals surface area contributed by atoms with Gasteiger partial charge in [0.15, 0.2) is 22.5 Å². The Kier molecular flexibility index (Phi) is 6.89. The molecule has 2 aromatic heterocycles. The molecule has 0 spiro atoms. The maximum absolute atomic E-state index is 10.2. The average molecular weight is 528 g/mol. The predicted octanol–water partition coefficient (Wildman–Crippen LogP) is 4.15. The molecule has 1 N–H and O–H groups in total. The minimum atomic E-state index is -0.187. The summed E-state index contributed by atoms with van der Waals surface area (Å²) < 4.78 is 8.54. The zero-order valence-electron chi connectivity index (χ0n) is 21.1. The van der Waals surface area contributed by atoms with Gasteiger partial charge in [-0.1, -0.05) is 59.9 Å². The van der Waals surface area contributed by atoms with Crippen LogP contribution >= 0.6 is 11.3 Å². The van der Waals surface area contributed by atoms with Crippen molar-refractivity contribution in [3.05, 3.63) is 89.7 Å². The molecule has 0 unspecified atom stereocenters. The number of phenolic OH excluding ortho intramolecular Hbond substituents is 1. The first-order valence-corrected chi connectivity index (χ1v) is 13.5. The minimum Gasteiger partial charge on any atom is -0.504 e. The van der Waals surface area contributed by atoms with Crippen molar-refractivity contribution in [1.82, 2.24) is 30.1 Å². The van der Waals surface area contributed by atoms with Crippen LogP contribution in [0.15, 0.2) is 72.8 Å². The first kappa shape index (κ1) is 24.3. The number of aryl methyl sites for hydroxylation is 2. The van der Waals surface area contributed by atoms with E-state index < -0.39 is 0 Å². The normalized spacial score (nSPS) is 15.1. The van der Waals surface area contributed by atoms with Gasteiger partial charge in [0.2, 0.25) is 0 Å². The second-order valence-corrected chi connectivity index (χ2v) is 10.3. The average Bonchev–Trinajstić information content (AvgIpc) is 3.61. The number of piperazine rings is 1. The van der Waals surface area contributed by atoms with E-state index in [-0.39, 0.29) is 11.8 Å². The third kappa shape index (κ3) is 4.92. The Morgan fingerprint density at radius 3 is 2.55 bits per heavy atom. The topological polar surface area (TPSA) is 92.4 Å². The highest BCUT2D eigenvalue weighted by Gasteiger charge is 2.32. The number of benzene rings is 3. The number of anilines is 1. The van der Waals surface area contributed by atoms with Crippen molar-refractivity contribution in [2.75, 3.05) is 38.2 Å². The number of tetrazole rings is 1. The second-order valence-electron chi connectivity index (χ2n) is 9.32. The lowest BCUT2D eigenvalue weighted by atomic mass is 10.0. The van der Waals surface area contributed by atoms with Crippen LogP contribution in [-0.4, -0.2) is 68.5 Å². The zero-order chi connectivity index (χ0) is 25.9. The van der Waals surface area contributed by atoms with Gasteiger partial charge >= 0.3 is 0 Å². The van der Waals surface area contributed by atoms with E-state index in [0.29, 0.717) is 12.3 Å². The molecule has 0 radical (unpaired) electrons. The quantitative estimate of drug-likeness (QED) is 0.322. The van der Waals surface area contributed by atoms with E-state index in [9.17, 15) is 5.11 Å². The number of hydrogen-bond donors (Lipinski definition) is 1. The minimum absolute atomic E-state index is 0.110. The number of methoxy groups -OCH3 is 1. The first-order chi connectivity index (χ1) is 18.7. The number of para-hydroxylation sites is 1. The molecule has 6 rings (SSSR count). The van der Waals surface area contributed by atoms with Gasteiger partial charge in [0, 0.05) is 32.7 Å². The zero-order valence-corrected chi connectivity index (χ0v) is 22.0. The van der Waals surface area contributed by atoms with Gasteiger partial charge in [0.25, 0.3) is 0 Å². The Morgan fingerprint density at radius 1 is 0.974 bits per heavy atom. The molecular weight excluding hydrogens is 498 g/mol. The summed E-state index contributed by atoms with van der Waals surface area (Å²) in [5.74, 6) is 1.32. The summed E-state index contributed by atoms with van der Waals surface area (Å²) in [6, 6.07) is 23.9. The molecule has 0 bridgehead atoms. The number of ether oxygens (including phenoxy) is 1. The maximum Gasteiger partial charge on any atom is 0.186 e. The van der Waals surface area contributed by atoms with E-state index in [2.05, 4.69) is 55.7 Å². The van der Waals surface area contributed by atoms with Crippen molar-refractivity contribution in [3.63, 3.8) is 0 Å². The lowest BCUT2D eigenvalue weighted by Gasteiger charge is -2.38. The van der Waals surface area contributed by atoms with E-state index in [4.69, 9.17) is 9.72 Å². The van der Waals surface area contributed by atoms with Crippen molar-refractivity contribution >= 4 is 26.7 Å². The van der Waals surface area contributed by atoms with Crippen LogP contribution in [0, 0.1) is 0 Å². The third-order valence-electron chi connectivity index (χ3n) is 7.01. The van der Waals surface area contributed by atoms with Crippen LogP contribution in [0.1, 0.15) is 23.0 Å². The molecule has 1 saturated heterocycles. The van der Waals surface area contributed by atoms with Gasteiger partial charge < -0.3 is 14.7 Å². The van der Waals surface area contributed by atoms with Gasteiger partial charge in [0.05, 0.1) is 23.4 Å². The highest BCUT2D eigenvalue weighted by atomic mass is 32.1. The van der Waals surface area contributed by atoms with Gasteiger partial charge in [-0.25, -0.2) is 9.67 Å². The number of hydrogen-bond acceptors (Lipinski definition) is 9. The van der Waals surface area contributed by atoms with Crippen molar-refractivity contribution < 1.29 is 9.84 Å². The van der Waals surface area contributed by atoms with Crippen LogP contribution in [0.4, 0.5) is 5.13 Å². The highest BCUT2D eigenvalue weighted by Crippen LogP contribution is 2.35. The fraction of sp³-hybridized carbons (Fsp3) is 0.286. The summed E-state index contributed by atoms with van der Waals surface area (Å²) in [6.45, 7) is 3.99. The number of rotatable bonds is 8. The molecule has 194 valence electrons. The Bertz CT molecular complexity index is 1480. The molecule has 1 aliphatic rings. The van der Waals surface area contributed by atoms with Crippen molar-refractivity contribution in [2.45, 2.75) is 19.0 Å². The van der Waals surface area contributed by atoms with Crippen molar-refractivity contribution in [1.29, 1.82) is 0 Å². The molecule has 38 heavy (non-hydrogen) atoms. The molecular formula is C28H29N7O2S. The Balaban J connectivity index is 1.27. The second kappa shape index (κ2) is 10.8. The van der Waals surface area contributed by atoms with Crippen molar-refractivity contribution in [3.8, 4) is 11.5 Å². The molecule has 3 aromatic carbocycles. The number of thiazole rings is 1. The van der Waals surface area contributed by atoms with Crippen LogP contribution in [0.3, 0.4) is 0 Å². The molecule has 1 atom stereocenters. The molecule has 1 fully saturated rings. The van der Waals surface area contributed by atoms with E-state index in [1.165, 1.54) is 10.3 Å². The standard InChI is InChI=1S/C28H29N7O2S/c1-37-24-19-21(11-12-23(24)36)26(27-30-31-32-35(27)14-13-20-7-3-2-4-8-20)33-15-17-34(18-16-33)28-29-22-9-5-6-10-25(22)38-28/h2-12,19,26,36H,13-18H2,1H3/t26-/m1/s1. The van der Waals surface area contributed by atoms with Crippen LogP contribution in [0.2, 0.25) is 0 Å². The van der Waals surface area contributed by atoms with Crippen LogP contribution < -0.4 is 9.64 Å². The summed E-state index contributed by atoms with van der Waals surface area (Å²) in [5, 5.41) is 24.2. The highest BCUT2D eigenvalue weighted by molar-refractivity contribution is 7.22. The lowest BCUT2D eigenvalue weighted by molar-refractivity contribution is 0.200. The number of fused-ring (bicyclic) bond motifs is 1. The molecule has 5 aromatic rings. The van der Waals surface area contributed by atoms with Gasteiger partial charge in [-0.05, 0) is 52.2 Å². The van der Waals surface area contributed by atoms with Gasteiger partial charge in [0.1, 0.15) is 0 Å². The van der Waals surface area contributed by atoms with Crippen LogP contribution in [-0.2, 0) is 13.0 Å². The fourth-order valence-electron chi connectivity index (χ4n) is 5.00. The first-order valence-electron chi connectivity index (χ1n) is 12.7. The Morgan fingerprint density at radius 2 is 1.76 bits per heavy atom. The Labute approximate surface area is 224 Å². The maximum atomic E-state index is 10.2. The molecule has 3 heterocycles. The fourth-order valence-corrected chi connectivity index (χ4v) is 6.02. The van der Waals surface area contributed by atoms with Crippen LogP contribution in [0.5, 0.6) is 11.5 Å². The summed E-state index contributed by atoms with van der Waals surface area (Å²) in [7, 11) is 1.56. The van der Waals surface area contributed by atoms with Crippen molar-refractivity contribution in [2.24, 2.45) is 0 Å². The smallest absolute Gasteiger partial charge is 0.186 e. The predicted molar refractivity (Wildman–Crippen MR) is 148 cm³/mol. The Hall–Kier alpha value is -4.02. The summed E-state index contributed by atoms with van der Waals surface area (Å²) in [5.41, 5.74) is 3.26. The molecule has 10 heteroatoms.